The maximum Gasteiger partial charge on any atom is 0.337 e. The van der Waals surface area contributed by atoms with Crippen LogP contribution in [0.15, 0.2) is 48.5 Å². The Balaban J connectivity index is 1.92. The molecule has 2 N–H and O–H groups in total. The van der Waals surface area contributed by atoms with E-state index in [2.05, 4.69) is 4.74 Å². The SMILES string of the molecule is COC(=O)c1cccc(CS(=O)(=O)N2CC(N)Cc3ccccc32)c1. The van der Waals surface area contributed by atoms with Gasteiger partial charge >= 0.3 is 5.97 Å². The number of carbonyl (C=O) groups excluding carboxylic acids is 1. The maximum atomic E-state index is 13.0. The molecule has 0 aromatic heterocycles. The van der Waals surface area contributed by atoms with Crippen LogP contribution in [0.1, 0.15) is 21.5 Å². The molecular formula is C18H20N2O4S. The van der Waals surface area contributed by atoms with Crippen LogP contribution in [0.25, 0.3) is 0 Å². The van der Waals surface area contributed by atoms with Gasteiger partial charge in [0.15, 0.2) is 0 Å². The molecule has 0 saturated heterocycles. The molecule has 6 nitrogen and oxygen atoms in total. The van der Waals surface area contributed by atoms with Crippen LogP contribution in [0.5, 0.6) is 0 Å². The molecule has 1 heterocycles. The third-order valence-electron chi connectivity index (χ3n) is 4.18. The van der Waals surface area contributed by atoms with Gasteiger partial charge in [-0.1, -0.05) is 30.3 Å². The van der Waals surface area contributed by atoms with Crippen molar-refractivity contribution >= 4 is 21.7 Å². The van der Waals surface area contributed by atoms with Crippen LogP contribution in [0.4, 0.5) is 5.69 Å². The number of nitrogens with two attached hydrogens (primary N) is 1. The van der Waals surface area contributed by atoms with E-state index in [1.807, 2.05) is 18.2 Å². The van der Waals surface area contributed by atoms with E-state index < -0.39 is 16.0 Å². The van der Waals surface area contributed by atoms with Crippen molar-refractivity contribution in [1.29, 1.82) is 0 Å². The normalized spacial score (nSPS) is 17.0. The molecule has 7 heteroatoms. The Labute approximate surface area is 147 Å². The summed E-state index contributed by atoms with van der Waals surface area (Å²) >= 11 is 0. The molecular weight excluding hydrogens is 340 g/mol. The lowest BCUT2D eigenvalue weighted by atomic mass is 10.0. The van der Waals surface area contributed by atoms with Crippen LogP contribution in [0.2, 0.25) is 0 Å². The van der Waals surface area contributed by atoms with Crippen molar-refractivity contribution in [2.45, 2.75) is 18.2 Å². The number of methoxy groups -OCH3 is 1. The summed E-state index contributed by atoms with van der Waals surface area (Å²) in [7, 11) is -2.34. The molecule has 0 bridgehead atoms. The molecule has 1 aliphatic heterocycles. The second kappa shape index (κ2) is 6.85. The minimum Gasteiger partial charge on any atom is -0.465 e. The number of hydrogen-bond acceptors (Lipinski definition) is 5. The third kappa shape index (κ3) is 3.67. The summed E-state index contributed by atoms with van der Waals surface area (Å²) in [6.07, 6.45) is 0.653. The lowest BCUT2D eigenvalue weighted by Crippen LogP contribution is -2.46. The highest BCUT2D eigenvalue weighted by molar-refractivity contribution is 7.92. The lowest BCUT2D eigenvalue weighted by Gasteiger charge is -2.33. The van der Waals surface area contributed by atoms with Crippen LogP contribution in [0, 0.1) is 0 Å². The van der Waals surface area contributed by atoms with Gasteiger partial charge in [-0.3, -0.25) is 4.31 Å². The molecule has 0 fully saturated rings. The quantitative estimate of drug-likeness (QED) is 0.838. The van der Waals surface area contributed by atoms with E-state index in [9.17, 15) is 13.2 Å². The molecule has 0 aliphatic carbocycles. The molecule has 2 aromatic rings. The monoisotopic (exact) mass is 360 g/mol. The number of benzene rings is 2. The van der Waals surface area contributed by atoms with Gasteiger partial charge in [0, 0.05) is 12.6 Å². The van der Waals surface area contributed by atoms with E-state index in [1.165, 1.54) is 11.4 Å². The standard InChI is InChI=1S/C18H20N2O4S/c1-24-18(21)15-7-4-5-13(9-15)12-25(22,23)20-11-16(19)10-14-6-2-3-8-17(14)20/h2-9,16H,10-12,19H2,1H3. The second-order valence-corrected chi connectivity index (χ2v) is 7.97. The van der Waals surface area contributed by atoms with Crippen molar-refractivity contribution in [2.75, 3.05) is 18.0 Å². The smallest absolute Gasteiger partial charge is 0.337 e. The maximum absolute atomic E-state index is 13.0. The summed E-state index contributed by atoms with van der Waals surface area (Å²) in [5.41, 5.74) is 8.50. The molecule has 0 radical (unpaired) electrons. The molecule has 0 saturated carbocycles. The first kappa shape index (κ1) is 17.4. The van der Waals surface area contributed by atoms with Gasteiger partial charge in [0.05, 0.1) is 24.1 Å². The Morgan fingerprint density at radius 3 is 2.76 bits per heavy atom. The highest BCUT2D eigenvalue weighted by Crippen LogP contribution is 2.30. The van der Waals surface area contributed by atoms with Gasteiger partial charge in [-0.05, 0) is 35.7 Å². The number of fused-ring (bicyclic) bond motifs is 1. The van der Waals surface area contributed by atoms with E-state index in [0.29, 0.717) is 23.2 Å². The van der Waals surface area contributed by atoms with Gasteiger partial charge in [-0.2, -0.15) is 0 Å². The molecule has 25 heavy (non-hydrogen) atoms. The molecule has 3 rings (SSSR count). The summed E-state index contributed by atoms with van der Waals surface area (Å²) in [5.74, 6) is -0.705. The zero-order valence-corrected chi connectivity index (χ0v) is 14.7. The summed E-state index contributed by atoms with van der Waals surface area (Å²) < 4.78 is 32.0. The van der Waals surface area contributed by atoms with Gasteiger partial charge in [-0.15, -0.1) is 0 Å². The van der Waals surface area contributed by atoms with Crippen molar-refractivity contribution in [2.24, 2.45) is 5.73 Å². The van der Waals surface area contributed by atoms with E-state index in [4.69, 9.17) is 5.73 Å². The minimum atomic E-state index is -3.63. The van der Waals surface area contributed by atoms with Gasteiger partial charge in [0.25, 0.3) is 0 Å². The first-order valence-electron chi connectivity index (χ1n) is 7.92. The first-order chi connectivity index (χ1) is 11.9. The molecule has 0 spiro atoms. The van der Waals surface area contributed by atoms with E-state index in [-0.39, 0.29) is 18.3 Å². The van der Waals surface area contributed by atoms with Gasteiger partial charge in [0.2, 0.25) is 10.0 Å². The molecule has 132 valence electrons. The molecule has 1 unspecified atom stereocenters. The summed E-state index contributed by atoms with van der Waals surface area (Å²) in [6, 6.07) is 13.6. The number of anilines is 1. The van der Waals surface area contributed by atoms with E-state index in [0.717, 1.165) is 5.56 Å². The van der Waals surface area contributed by atoms with Crippen LogP contribution < -0.4 is 10.0 Å². The predicted octanol–water partition coefficient (Wildman–Crippen LogP) is 1.69. The van der Waals surface area contributed by atoms with Gasteiger partial charge in [0.1, 0.15) is 0 Å². The highest BCUT2D eigenvalue weighted by Gasteiger charge is 2.30. The Morgan fingerprint density at radius 2 is 2.00 bits per heavy atom. The number of nitrogens with zero attached hydrogens (tertiary/aromatic N) is 1. The number of ether oxygens (including phenoxy) is 1. The number of esters is 1. The summed E-state index contributed by atoms with van der Waals surface area (Å²) in [4.78, 5) is 11.6. The fourth-order valence-corrected chi connectivity index (χ4v) is 4.70. The van der Waals surface area contributed by atoms with Crippen molar-refractivity contribution < 1.29 is 17.9 Å². The number of hydrogen-bond donors (Lipinski definition) is 1. The summed E-state index contributed by atoms with van der Waals surface area (Å²) in [5, 5.41) is 0. The Hall–Kier alpha value is -2.38. The van der Waals surface area contributed by atoms with Crippen molar-refractivity contribution in [3.8, 4) is 0 Å². The van der Waals surface area contributed by atoms with E-state index in [1.54, 1.807) is 30.3 Å². The minimum absolute atomic E-state index is 0.209. The first-order valence-corrected chi connectivity index (χ1v) is 9.53. The number of para-hydroxylation sites is 1. The highest BCUT2D eigenvalue weighted by atomic mass is 32.2. The Bertz CT molecular complexity index is 895. The molecule has 1 aliphatic rings. The van der Waals surface area contributed by atoms with Gasteiger partial charge < -0.3 is 10.5 Å². The Morgan fingerprint density at radius 1 is 1.24 bits per heavy atom. The van der Waals surface area contributed by atoms with Crippen LogP contribution >= 0.6 is 0 Å². The number of sulfonamides is 1. The molecule has 1 atom stereocenters. The van der Waals surface area contributed by atoms with Crippen LogP contribution in [-0.4, -0.2) is 34.1 Å². The Kier molecular flexibility index (Phi) is 4.78. The molecule has 2 aromatic carbocycles. The van der Waals surface area contributed by atoms with Crippen molar-refractivity contribution in [3.63, 3.8) is 0 Å². The topological polar surface area (TPSA) is 89.7 Å². The van der Waals surface area contributed by atoms with E-state index >= 15 is 0 Å². The van der Waals surface area contributed by atoms with Crippen LogP contribution in [-0.2, 0) is 26.9 Å². The predicted molar refractivity (Wildman–Crippen MR) is 95.9 cm³/mol. The summed E-state index contributed by atoms with van der Waals surface area (Å²) in [6.45, 7) is 0.246. The number of rotatable bonds is 4. The molecule has 0 amide bonds. The second-order valence-electron chi connectivity index (χ2n) is 6.07. The van der Waals surface area contributed by atoms with Crippen molar-refractivity contribution in [3.05, 3.63) is 65.2 Å². The fraction of sp³-hybridized carbons (Fsp3) is 0.278. The average molecular weight is 360 g/mol. The zero-order chi connectivity index (χ0) is 18.0. The van der Waals surface area contributed by atoms with Crippen LogP contribution in [0.3, 0.4) is 0 Å². The van der Waals surface area contributed by atoms with Crippen molar-refractivity contribution in [1.82, 2.24) is 0 Å². The largest absolute Gasteiger partial charge is 0.465 e. The number of carbonyl (C=O) groups is 1. The lowest BCUT2D eigenvalue weighted by molar-refractivity contribution is 0.0600. The zero-order valence-electron chi connectivity index (χ0n) is 13.9. The van der Waals surface area contributed by atoms with Gasteiger partial charge in [-0.25, -0.2) is 13.2 Å². The fourth-order valence-electron chi connectivity index (χ4n) is 3.04. The average Bonchev–Trinajstić information content (AvgIpc) is 2.60. The third-order valence-corrected chi connectivity index (χ3v) is 5.89.